The van der Waals surface area contributed by atoms with Gasteiger partial charge in [-0.05, 0) is 12.8 Å². The van der Waals surface area contributed by atoms with E-state index in [0.717, 1.165) is 19.3 Å². The second-order valence-electron chi connectivity index (χ2n) is 11.2. The van der Waals surface area contributed by atoms with E-state index in [-0.39, 0.29) is 6.09 Å². The molecule has 0 heterocycles. The van der Waals surface area contributed by atoms with Crippen molar-refractivity contribution in [3.05, 3.63) is 0 Å². The Balaban J connectivity index is 3.23. The van der Waals surface area contributed by atoms with E-state index in [9.17, 15) is 4.79 Å². The lowest BCUT2D eigenvalue weighted by atomic mass is 10.0. The first-order valence-electron chi connectivity index (χ1n) is 16.7. The van der Waals surface area contributed by atoms with Crippen molar-refractivity contribution >= 4 is 14.9 Å². The normalized spacial score (nSPS) is 11.7. The molecule has 0 aromatic rings. The molecule has 1 N–H and O–H groups in total. The molecule has 1 amide bonds. The molecule has 0 aliphatic heterocycles. The van der Waals surface area contributed by atoms with Crippen LogP contribution >= 0.6 is 0 Å². The number of carbonyl (C=O) groups excluding carboxylic acids is 1. The minimum absolute atomic E-state index is 0.340. The molecule has 0 saturated heterocycles. The second kappa shape index (κ2) is 30.3. The van der Waals surface area contributed by atoms with Crippen molar-refractivity contribution in [3.8, 4) is 0 Å². The first-order valence-corrected chi connectivity index (χ1v) is 18.6. The standard InChI is InChI=1S/C32H67NO5Si/c1-5-6-7-8-9-10-11-12-13-14-15-16-17-18-19-20-21-22-23-24-25-26-27-30-38-32(34)33-29-28-31-39(35-2,36-3)37-4/h5-31H2,1-4H3,(H,33,34). The Labute approximate surface area is 244 Å². The molecule has 0 fully saturated rings. The SMILES string of the molecule is CCCCCCCCCCCCCCCCCCCCCCCCCOC(=O)NCCC[Si](OC)(OC)OC. The largest absolute Gasteiger partial charge is 0.500 e. The zero-order chi connectivity index (χ0) is 28.7. The van der Waals surface area contributed by atoms with Gasteiger partial charge in [0.05, 0.1) is 6.61 Å². The maximum absolute atomic E-state index is 11.8. The number of hydrogen-bond acceptors (Lipinski definition) is 5. The van der Waals surface area contributed by atoms with Crippen LogP contribution in [0, 0.1) is 0 Å². The molecule has 0 radical (unpaired) electrons. The van der Waals surface area contributed by atoms with Gasteiger partial charge in [0.15, 0.2) is 0 Å². The third-order valence-corrected chi connectivity index (χ3v) is 10.7. The maximum Gasteiger partial charge on any atom is 0.500 e. The molecule has 0 spiro atoms. The van der Waals surface area contributed by atoms with Crippen LogP contribution in [0.3, 0.4) is 0 Å². The quantitative estimate of drug-likeness (QED) is 0.0660. The van der Waals surface area contributed by atoms with Crippen LogP contribution in [0.4, 0.5) is 4.79 Å². The molecular formula is C32H67NO5Si. The highest BCUT2D eigenvalue weighted by molar-refractivity contribution is 6.60. The van der Waals surface area contributed by atoms with Crippen molar-refractivity contribution in [2.24, 2.45) is 0 Å². The molecule has 0 rings (SSSR count). The summed E-state index contributed by atoms with van der Waals surface area (Å²) in [7, 11) is 2.25. The predicted molar refractivity (Wildman–Crippen MR) is 167 cm³/mol. The van der Waals surface area contributed by atoms with Gasteiger partial charge in [0.2, 0.25) is 0 Å². The summed E-state index contributed by atoms with van der Waals surface area (Å²) in [5, 5.41) is 2.79. The first-order chi connectivity index (χ1) is 19.1. The van der Waals surface area contributed by atoms with Crippen molar-refractivity contribution in [2.75, 3.05) is 34.5 Å². The summed E-state index contributed by atoms with van der Waals surface area (Å²) in [6, 6.07) is 0.663. The maximum atomic E-state index is 11.8. The molecule has 7 heteroatoms. The van der Waals surface area contributed by atoms with Crippen molar-refractivity contribution in [1.82, 2.24) is 5.32 Å². The van der Waals surface area contributed by atoms with Gasteiger partial charge < -0.3 is 23.3 Å². The number of hydrogen-bond donors (Lipinski definition) is 1. The van der Waals surface area contributed by atoms with Gasteiger partial charge >= 0.3 is 14.9 Å². The molecule has 234 valence electrons. The number of carbonyl (C=O) groups is 1. The number of ether oxygens (including phenoxy) is 1. The third-order valence-electron chi connectivity index (χ3n) is 7.84. The Hall–Kier alpha value is -0.633. The molecule has 6 nitrogen and oxygen atoms in total. The van der Waals surface area contributed by atoms with Gasteiger partial charge in [-0.1, -0.05) is 148 Å². The average molecular weight is 574 g/mol. The van der Waals surface area contributed by atoms with Gasteiger partial charge in [0.1, 0.15) is 0 Å². The molecule has 0 aliphatic carbocycles. The lowest BCUT2D eigenvalue weighted by molar-refractivity contribution is 0.122. The number of nitrogens with one attached hydrogen (secondary N) is 1. The van der Waals surface area contributed by atoms with Crippen LogP contribution in [0.5, 0.6) is 0 Å². The highest BCUT2D eigenvalue weighted by Gasteiger charge is 2.36. The van der Waals surface area contributed by atoms with Crippen molar-refractivity contribution in [3.63, 3.8) is 0 Å². The van der Waals surface area contributed by atoms with Gasteiger partial charge in [-0.2, -0.15) is 0 Å². The molecule has 0 aromatic heterocycles. The highest BCUT2D eigenvalue weighted by atomic mass is 28.4. The van der Waals surface area contributed by atoms with Crippen LogP contribution in [0.25, 0.3) is 0 Å². The summed E-state index contributed by atoms with van der Waals surface area (Å²) in [6.45, 7) is 3.32. The summed E-state index contributed by atoms with van der Waals surface area (Å²) in [4.78, 5) is 11.8. The van der Waals surface area contributed by atoms with E-state index >= 15 is 0 Å². The van der Waals surface area contributed by atoms with Crippen LogP contribution in [0.15, 0.2) is 0 Å². The molecule has 0 bridgehead atoms. The zero-order valence-electron chi connectivity index (χ0n) is 26.6. The minimum atomic E-state index is -2.55. The Morgan fingerprint density at radius 3 is 1.18 bits per heavy atom. The summed E-state index contributed by atoms with van der Waals surface area (Å²) in [5.41, 5.74) is 0. The van der Waals surface area contributed by atoms with E-state index < -0.39 is 8.80 Å². The average Bonchev–Trinajstić information content (AvgIpc) is 2.96. The van der Waals surface area contributed by atoms with E-state index in [0.29, 0.717) is 19.2 Å². The molecule has 0 unspecified atom stereocenters. The topological polar surface area (TPSA) is 66.0 Å². The van der Waals surface area contributed by atoms with Crippen molar-refractivity contribution in [1.29, 1.82) is 0 Å². The molecule has 0 atom stereocenters. The Bertz CT molecular complexity index is 497. The number of amides is 1. The van der Waals surface area contributed by atoms with Crippen LogP contribution in [-0.4, -0.2) is 49.4 Å². The van der Waals surface area contributed by atoms with Gasteiger partial charge in [0.25, 0.3) is 0 Å². The molecule has 0 aromatic carbocycles. The minimum Gasteiger partial charge on any atom is -0.450 e. The van der Waals surface area contributed by atoms with Crippen LogP contribution in [0.2, 0.25) is 6.04 Å². The Kier molecular flexibility index (Phi) is 29.8. The fourth-order valence-corrected chi connectivity index (χ4v) is 6.88. The highest BCUT2D eigenvalue weighted by Crippen LogP contribution is 2.16. The molecule has 39 heavy (non-hydrogen) atoms. The first kappa shape index (κ1) is 38.4. The molecular weight excluding hydrogens is 506 g/mol. The van der Waals surface area contributed by atoms with Crippen LogP contribution in [0.1, 0.15) is 161 Å². The molecule has 0 saturated carbocycles. The monoisotopic (exact) mass is 573 g/mol. The van der Waals surface area contributed by atoms with E-state index in [2.05, 4.69) is 12.2 Å². The van der Waals surface area contributed by atoms with Crippen molar-refractivity contribution in [2.45, 2.75) is 167 Å². The van der Waals surface area contributed by atoms with E-state index in [4.69, 9.17) is 18.0 Å². The zero-order valence-corrected chi connectivity index (χ0v) is 27.6. The lowest BCUT2D eigenvalue weighted by Crippen LogP contribution is -2.43. The summed E-state index contributed by atoms with van der Waals surface area (Å²) in [6.07, 6.45) is 32.2. The summed E-state index contributed by atoms with van der Waals surface area (Å²) in [5.74, 6) is 0. The number of alkyl carbamates (subject to hydrolysis) is 1. The van der Waals surface area contributed by atoms with Gasteiger partial charge in [-0.25, -0.2) is 4.79 Å². The van der Waals surface area contributed by atoms with Crippen LogP contribution in [-0.2, 0) is 18.0 Å². The third kappa shape index (κ3) is 26.0. The smallest absolute Gasteiger partial charge is 0.450 e. The molecule has 0 aliphatic rings. The van der Waals surface area contributed by atoms with E-state index in [1.165, 1.54) is 135 Å². The van der Waals surface area contributed by atoms with Gasteiger partial charge in [0, 0.05) is 33.9 Å². The fourth-order valence-electron chi connectivity index (χ4n) is 5.16. The summed E-state index contributed by atoms with van der Waals surface area (Å²) >= 11 is 0. The number of unbranched alkanes of at least 4 members (excludes halogenated alkanes) is 22. The summed E-state index contributed by atoms with van der Waals surface area (Å²) < 4.78 is 21.4. The second-order valence-corrected chi connectivity index (χ2v) is 14.3. The fraction of sp³-hybridized carbons (Fsp3) is 0.969. The van der Waals surface area contributed by atoms with Crippen molar-refractivity contribution < 1.29 is 22.8 Å². The van der Waals surface area contributed by atoms with Gasteiger partial charge in [-0.3, -0.25) is 0 Å². The van der Waals surface area contributed by atoms with E-state index in [1.807, 2.05) is 0 Å². The lowest BCUT2D eigenvalue weighted by Gasteiger charge is -2.24. The van der Waals surface area contributed by atoms with Crippen LogP contribution < -0.4 is 5.32 Å². The predicted octanol–water partition coefficient (Wildman–Crippen LogP) is 9.97. The van der Waals surface area contributed by atoms with Gasteiger partial charge in [-0.15, -0.1) is 0 Å². The number of rotatable bonds is 31. The Morgan fingerprint density at radius 2 is 0.846 bits per heavy atom. The Morgan fingerprint density at radius 1 is 0.513 bits per heavy atom. The van der Waals surface area contributed by atoms with E-state index in [1.54, 1.807) is 21.3 Å².